The van der Waals surface area contributed by atoms with Crippen LogP contribution in [0.25, 0.3) is 11.1 Å². The van der Waals surface area contributed by atoms with Gasteiger partial charge in [-0.25, -0.2) is 8.78 Å². The second kappa shape index (κ2) is 12.2. The summed E-state index contributed by atoms with van der Waals surface area (Å²) >= 11 is 5.94. The van der Waals surface area contributed by atoms with Gasteiger partial charge in [-0.2, -0.15) is 4.98 Å². The van der Waals surface area contributed by atoms with E-state index in [1.54, 1.807) is 18.2 Å². The molecular weight excluding hydrogens is 580 g/mol. The topological polar surface area (TPSA) is 37.8 Å². The van der Waals surface area contributed by atoms with E-state index in [2.05, 4.69) is 9.88 Å². The van der Waals surface area contributed by atoms with E-state index in [-0.39, 0.29) is 17.7 Å². The van der Waals surface area contributed by atoms with E-state index in [1.807, 2.05) is 83.8 Å². The Morgan fingerprint density at radius 3 is 2.09 bits per heavy atom. The Bertz CT molecular complexity index is 1770. The van der Waals surface area contributed by atoms with Crippen molar-refractivity contribution < 1.29 is 18.3 Å². The molecule has 0 N–H and O–H groups in total. The molecule has 7 rings (SSSR count). The monoisotopic (exact) mass is 609 g/mol. The number of benzene rings is 4. The molecule has 3 heterocycles. The summed E-state index contributed by atoms with van der Waals surface area (Å²) in [5, 5.41) is 0.371. The minimum atomic E-state index is -0.337. The molecule has 0 bridgehead atoms. The molecule has 2 fully saturated rings. The first kappa shape index (κ1) is 28.2. The fraction of sp³-hybridized carbons (Fsp3) is 0.194. The molecule has 4 aromatic carbocycles. The summed E-state index contributed by atoms with van der Waals surface area (Å²) < 4.78 is 42.5. The van der Waals surface area contributed by atoms with Gasteiger partial charge < -0.3 is 19.3 Å². The summed E-state index contributed by atoms with van der Waals surface area (Å²) in [7, 11) is 0. The number of anilines is 2. The van der Waals surface area contributed by atoms with E-state index < -0.39 is 0 Å². The van der Waals surface area contributed by atoms with Gasteiger partial charge in [0.05, 0.1) is 17.4 Å². The molecule has 8 heteroatoms. The van der Waals surface area contributed by atoms with Gasteiger partial charge in [-0.15, -0.1) is 0 Å². The number of hydrogen-bond acceptors (Lipinski definition) is 5. The highest BCUT2D eigenvalue weighted by Gasteiger charge is 2.46. The zero-order valence-electron chi connectivity index (χ0n) is 23.9. The first-order chi connectivity index (χ1) is 21.5. The van der Waals surface area contributed by atoms with Crippen LogP contribution >= 0.6 is 11.6 Å². The summed E-state index contributed by atoms with van der Waals surface area (Å²) in [5.74, 6) is 0.473. The lowest BCUT2D eigenvalue weighted by Gasteiger charge is -2.45. The number of halogens is 3. The van der Waals surface area contributed by atoms with Crippen molar-refractivity contribution in [2.45, 2.75) is 19.3 Å². The molecule has 222 valence electrons. The molecule has 5 aromatic rings. The third kappa shape index (κ3) is 5.80. The van der Waals surface area contributed by atoms with Crippen LogP contribution in [0.15, 0.2) is 109 Å². The molecule has 0 amide bonds. The van der Waals surface area contributed by atoms with Gasteiger partial charge >= 0.3 is 0 Å². The Morgan fingerprint density at radius 1 is 0.705 bits per heavy atom. The summed E-state index contributed by atoms with van der Waals surface area (Å²) in [6.07, 6.45) is 0. The van der Waals surface area contributed by atoms with Gasteiger partial charge in [0, 0.05) is 42.2 Å². The molecule has 1 aromatic heterocycles. The van der Waals surface area contributed by atoms with Crippen LogP contribution in [0.5, 0.6) is 11.8 Å². The molecule has 44 heavy (non-hydrogen) atoms. The lowest BCUT2D eigenvalue weighted by atomic mass is 9.91. The minimum absolute atomic E-state index is 0.109. The van der Waals surface area contributed by atoms with Crippen LogP contribution in [0, 0.1) is 17.6 Å². The fourth-order valence-electron chi connectivity index (χ4n) is 6.05. The molecule has 0 spiro atoms. The average Bonchev–Trinajstić information content (AvgIpc) is 3.36. The Balaban J connectivity index is 1.11. The van der Waals surface area contributed by atoms with Crippen molar-refractivity contribution in [1.29, 1.82) is 0 Å². The molecule has 5 nitrogen and oxygen atoms in total. The second-order valence-electron chi connectivity index (χ2n) is 11.2. The van der Waals surface area contributed by atoms with Crippen molar-refractivity contribution in [2.24, 2.45) is 5.92 Å². The Morgan fingerprint density at radius 2 is 1.39 bits per heavy atom. The van der Waals surface area contributed by atoms with E-state index in [0.717, 1.165) is 17.7 Å². The van der Waals surface area contributed by atoms with Gasteiger partial charge in [-0.05, 0) is 53.1 Å². The van der Waals surface area contributed by atoms with E-state index in [9.17, 15) is 4.39 Å². The van der Waals surface area contributed by atoms with E-state index in [1.165, 1.54) is 12.1 Å². The number of fused-ring (bicyclic) bond motifs is 1. The number of nitrogens with zero attached hydrogens (tertiary/aromatic N) is 3. The van der Waals surface area contributed by atoms with Crippen molar-refractivity contribution in [3.05, 3.63) is 137 Å². The zero-order chi connectivity index (χ0) is 30.0. The van der Waals surface area contributed by atoms with Crippen LogP contribution in [0.1, 0.15) is 11.1 Å². The van der Waals surface area contributed by atoms with Crippen molar-refractivity contribution >= 4 is 23.0 Å². The second-order valence-corrected chi connectivity index (χ2v) is 11.6. The molecule has 0 radical (unpaired) electrons. The number of pyridine rings is 1. The maximum atomic E-state index is 15.7. The number of aromatic nitrogens is 1. The summed E-state index contributed by atoms with van der Waals surface area (Å²) in [6.45, 7) is 2.75. The third-order valence-corrected chi connectivity index (χ3v) is 8.57. The van der Waals surface area contributed by atoms with E-state index in [0.29, 0.717) is 71.5 Å². The highest BCUT2D eigenvalue weighted by molar-refractivity contribution is 6.30. The maximum absolute atomic E-state index is 15.7. The van der Waals surface area contributed by atoms with Gasteiger partial charge in [0.2, 0.25) is 11.8 Å². The molecular formula is C36H30ClF2N3O2. The highest BCUT2D eigenvalue weighted by Crippen LogP contribution is 2.41. The van der Waals surface area contributed by atoms with Crippen LogP contribution < -0.4 is 19.3 Å². The van der Waals surface area contributed by atoms with Gasteiger partial charge in [0.1, 0.15) is 24.8 Å². The average molecular weight is 610 g/mol. The Hall–Kier alpha value is -4.62. The lowest BCUT2D eigenvalue weighted by Crippen LogP contribution is -2.56. The first-order valence-corrected chi connectivity index (χ1v) is 15.0. The minimum Gasteiger partial charge on any atom is -0.473 e. The molecule has 0 saturated carbocycles. The van der Waals surface area contributed by atoms with Gasteiger partial charge in [0.15, 0.2) is 0 Å². The molecule has 2 atom stereocenters. The predicted molar refractivity (Wildman–Crippen MR) is 169 cm³/mol. The molecule has 2 aliphatic heterocycles. The van der Waals surface area contributed by atoms with Crippen molar-refractivity contribution in [3.8, 4) is 22.9 Å². The Labute approximate surface area is 260 Å². The third-order valence-electron chi connectivity index (χ3n) is 8.34. The highest BCUT2D eigenvalue weighted by atomic mass is 35.5. The van der Waals surface area contributed by atoms with Crippen molar-refractivity contribution in [1.82, 2.24) is 4.98 Å². The lowest BCUT2D eigenvalue weighted by molar-refractivity contribution is 0.268. The van der Waals surface area contributed by atoms with E-state index >= 15 is 4.39 Å². The first-order valence-electron chi connectivity index (χ1n) is 14.6. The van der Waals surface area contributed by atoms with Crippen LogP contribution in [-0.2, 0) is 13.2 Å². The maximum Gasteiger partial charge on any atom is 0.225 e. The fourth-order valence-corrected chi connectivity index (χ4v) is 6.21. The van der Waals surface area contributed by atoms with Crippen LogP contribution in [0.4, 0.5) is 20.2 Å². The quantitative estimate of drug-likeness (QED) is 0.169. The Kier molecular flexibility index (Phi) is 7.79. The molecule has 0 unspecified atom stereocenters. The largest absolute Gasteiger partial charge is 0.473 e. The summed E-state index contributed by atoms with van der Waals surface area (Å²) in [4.78, 5) is 8.76. The van der Waals surface area contributed by atoms with Gasteiger partial charge in [-0.1, -0.05) is 78.3 Å². The normalized spacial score (nSPS) is 17.2. The van der Waals surface area contributed by atoms with E-state index in [4.69, 9.17) is 21.1 Å². The van der Waals surface area contributed by atoms with Crippen LogP contribution in [0.3, 0.4) is 0 Å². The number of hydrogen-bond donors (Lipinski definition) is 0. The molecule has 0 aliphatic carbocycles. The summed E-state index contributed by atoms with van der Waals surface area (Å²) in [6, 6.07) is 33.4. The number of ether oxygens (including phenoxy) is 2. The number of rotatable bonds is 9. The van der Waals surface area contributed by atoms with Crippen LogP contribution in [-0.4, -0.2) is 30.7 Å². The molecule has 2 saturated heterocycles. The van der Waals surface area contributed by atoms with Gasteiger partial charge in [0.25, 0.3) is 0 Å². The smallest absolute Gasteiger partial charge is 0.225 e. The molecule has 2 aliphatic rings. The summed E-state index contributed by atoms with van der Waals surface area (Å²) in [5.41, 5.74) is 4.42. The van der Waals surface area contributed by atoms with Crippen molar-refractivity contribution in [3.63, 3.8) is 0 Å². The SMILES string of the molecule is Fc1cc(Cl)ccc1N1C[C@@H]2CN(c3ccc(-c4ccc(OCc5ccccc5)nc4OCc4ccccc4)cc3F)[C@@H]2C1. The van der Waals surface area contributed by atoms with Gasteiger partial charge in [-0.3, -0.25) is 0 Å². The zero-order valence-corrected chi connectivity index (χ0v) is 24.6. The standard InChI is InChI=1S/C36H30ClF2N3O2/c37-28-12-15-32(31(39)18-28)41-19-27-20-42(34(27)21-41)33-14-11-26(17-30(33)38)29-13-16-35(43-22-24-7-3-1-4-8-24)40-36(29)44-23-25-9-5-2-6-10-25/h1-18,27,34H,19-23H2/t27-,34-/m1/s1. The van der Waals surface area contributed by atoms with Crippen LogP contribution in [0.2, 0.25) is 5.02 Å². The van der Waals surface area contributed by atoms with Crippen molar-refractivity contribution in [2.75, 3.05) is 29.4 Å². The predicted octanol–water partition coefficient (Wildman–Crippen LogP) is 8.16.